The molecule has 0 radical (unpaired) electrons. The molecule has 1 unspecified atom stereocenters. The first-order valence-electron chi connectivity index (χ1n) is 5.54. The third kappa shape index (κ3) is 4.10. The van der Waals surface area contributed by atoms with Crippen molar-refractivity contribution in [2.75, 3.05) is 33.7 Å². The summed E-state index contributed by atoms with van der Waals surface area (Å²) in [7, 11) is 4.32. The summed E-state index contributed by atoms with van der Waals surface area (Å²) in [5, 5.41) is 3.44. The van der Waals surface area contributed by atoms with Gasteiger partial charge in [0.2, 0.25) is 0 Å². The van der Waals surface area contributed by atoms with Crippen molar-refractivity contribution in [1.82, 2.24) is 10.2 Å². The molecule has 13 heavy (non-hydrogen) atoms. The van der Waals surface area contributed by atoms with E-state index >= 15 is 0 Å². The van der Waals surface area contributed by atoms with Gasteiger partial charge in [-0.25, -0.2) is 0 Å². The van der Waals surface area contributed by atoms with E-state index in [-0.39, 0.29) is 0 Å². The quantitative estimate of drug-likeness (QED) is 0.725. The number of rotatable bonds is 3. The molecule has 0 aromatic rings. The Morgan fingerprint density at radius 2 is 1.92 bits per heavy atom. The molecule has 0 aliphatic carbocycles. The van der Waals surface area contributed by atoms with Crippen LogP contribution < -0.4 is 5.32 Å². The van der Waals surface area contributed by atoms with E-state index < -0.39 is 0 Å². The van der Waals surface area contributed by atoms with E-state index in [1.807, 2.05) is 13.8 Å². The summed E-state index contributed by atoms with van der Waals surface area (Å²) in [6, 6.07) is 0. The highest BCUT2D eigenvalue weighted by atomic mass is 15.1. The van der Waals surface area contributed by atoms with E-state index in [2.05, 4.69) is 31.2 Å². The Balaban J connectivity index is 0.000000671. The summed E-state index contributed by atoms with van der Waals surface area (Å²) >= 11 is 0. The molecule has 1 N–H and O–H groups in total. The van der Waals surface area contributed by atoms with Gasteiger partial charge in [-0.2, -0.15) is 0 Å². The summed E-state index contributed by atoms with van der Waals surface area (Å²) in [6.07, 6.45) is 2.65. The van der Waals surface area contributed by atoms with Gasteiger partial charge in [0, 0.05) is 13.1 Å². The molecule has 80 valence electrons. The maximum Gasteiger partial charge on any atom is 0.00444 e. The van der Waals surface area contributed by atoms with Crippen LogP contribution in [-0.4, -0.2) is 38.6 Å². The van der Waals surface area contributed by atoms with Crippen LogP contribution in [0.1, 0.15) is 33.6 Å². The Hall–Kier alpha value is -0.0800. The lowest BCUT2D eigenvalue weighted by molar-refractivity contribution is 0.210. The van der Waals surface area contributed by atoms with Gasteiger partial charge < -0.3 is 10.2 Å². The van der Waals surface area contributed by atoms with Crippen LogP contribution >= 0.6 is 0 Å². The van der Waals surface area contributed by atoms with E-state index in [9.17, 15) is 0 Å². The van der Waals surface area contributed by atoms with Crippen molar-refractivity contribution in [3.05, 3.63) is 0 Å². The Bertz CT molecular complexity index is 115. The normalized spacial score (nSPS) is 27.2. The van der Waals surface area contributed by atoms with Crippen molar-refractivity contribution < 1.29 is 0 Å². The first-order chi connectivity index (χ1) is 6.18. The van der Waals surface area contributed by atoms with Gasteiger partial charge in [-0.15, -0.1) is 0 Å². The molecule has 0 amide bonds. The fourth-order valence-electron chi connectivity index (χ4n) is 2.01. The average Bonchev–Trinajstić information content (AvgIpc) is 2.56. The summed E-state index contributed by atoms with van der Waals surface area (Å²) < 4.78 is 0. The van der Waals surface area contributed by atoms with Gasteiger partial charge in [-0.05, 0) is 38.9 Å². The molecule has 2 heteroatoms. The molecule has 0 spiro atoms. The SMILES string of the molecule is CC.CCC1(CN(C)C)CCNC1. The van der Waals surface area contributed by atoms with Crippen LogP contribution in [0.25, 0.3) is 0 Å². The van der Waals surface area contributed by atoms with Gasteiger partial charge in [-0.3, -0.25) is 0 Å². The molecule has 0 aromatic carbocycles. The standard InChI is InChI=1S/C9H20N2.C2H6/c1-4-9(8-11(2)3)5-6-10-7-9;1-2/h10H,4-8H2,1-3H3;1-2H3. The van der Waals surface area contributed by atoms with Crippen molar-refractivity contribution in [2.45, 2.75) is 33.6 Å². The van der Waals surface area contributed by atoms with Crippen molar-refractivity contribution in [1.29, 1.82) is 0 Å². The number of hydrogen-bond acceptors (Lipinski definition) is 2. The summed E-state index contributed by atoms with van der Waals surface area (Å²) in [5.74, 6) is 0. The topological polar surface area (TPSA) is 15.3 Å². The average molecular weight is 186 g/mol. The molecule has 1 aliphatic rings. The lowest BCUT2D eigenvalue weighted by Gasteiger charge is -2.29. The fourth-order valence-corrected chi connectivity index (χ4v) is 2.01. The second-order valence-corrected chi connectivity index (χ2v) is 4.02. The van der Waals surface area contributed by atoms with E-state index in [1.165, 1.54) is 32.5 Å². The second kappa shape index (κ2) is 6.39. The highest BCUT2D eigenvalue weighted by molar-refractivity contribution is 4.88. The second-order valence-electron chi connectivity index (χ2n) is 4.02. The summed E-state index contributed by atoms with van der Waals surface area (Å²) in [4.78, 5) is 2.30. The summed E-state index contributed by atoms with van der Waals surface area (Å²) in [5.41, 5.74) is 0.573. The van der Waals surface area contributed by atoms with Gasteiger partial charge in [0.25, 0.3) is 0 Å². The highest BCUT2D eigenvalue weighted by Crippen LogP contribution is 2.29. The zero-order valence-corrected chi connectivity index (χ0v) is 9.98. The molecule has 1 fully saturated rings. The van der Waals surface area contributed by atoms with Crippen molar-refractivity contribution in [2.24, 2.45) is 5.41 Å². The van der Waals surface area contributed by atoms with Crippen LogP contribution in [-0.2, 0) is 0 Å². The first-order valence-corrected chi connectivity index (χ1v) is 5.54. The van der Waals surface area contributed by atoms with Crippen LogP contribution in [0, 0.1) is 5.41 Å². The Morgan fingerprint density at radius 3 is 2.23 bits per heavy atom. The minimum Gasteiger partial charge on any atom is -0.316 e. The molecule has 0 aromatic heterocycles. The fraction of sp³-hybridized carbons (Fsp3) is 1.00. The van der Waals surface area contributed by atoms with E-state index in [0.29, 0.717) is 5.41 Å². The Kier molecular flexibility index (Phi) is 6.35. The van der Waals surface area contributed by atoms with E-state index in [0.717, 1.165) is 0 Å². The molecular weight excluding hydrogens is 160 g/mol. The number of nitrogens with zero attached hydrogens (tertiary/aromatic N) is 1. The zero-order chi connectivity index (χ0) is 10.3. The largest absolute Gasteiger partial charge is 0.316 e. The van der Waals surface area contributed by atoms with E-state index in [1.54, 1.807) is 0 Å². The number of hydrogen-bond donors (Lipinski definition) is 1. The minimum absolute atomic E-state index is 0.573. The van der Waals surface area contributed by atoms with Gasteiger partial charge >= 0.3 is 0 Å². The van der Waals surface area contributed by atoms with Crippen LogP contribution in [0.15, 0.2) is 0 Å². The molecule has 2 nitrogen and oxygen atoms in total. The molecule has 1 atom stereocenters. The Labute approximate surface area is 83.7 Å². The number of nitrogens with one attached hydrogen (secondary N) is 1. The predicted molar refractivity (Wildman–Crippen MR) is 60.1 cm³/mol. The van der Waals surface area contributed by atoms with Crippen molar-refractivity contribution in [3.8, 4) is 0 Å². The van der Waals surface area contributed by atoms with Gasteiger partial charge in [-0.1, -0.05) is 20.8 Å². The maximum atomic E-state index is 3.44. The molecule has 1 aliphatic heterocycles. The first kappa shape index (κ1) is 12.9. The van der Waals surface area contributed by atoms with Crippen molar-refractivity contribution in [3.63, 3.8) is 0 Å². The lowest BCUT2D eigenvalue weighted by Crippen LogP contribution is -2.35. The van der Waals surface area contributed by atoms with Crippen molar-refractivity contribution >= 4 is 0 Å². The van der Waals surface area contributed by atoms with Gasteiger partial charge in [0.15, 0.2) is 0 Å². The van der Waals surface area contributed by atoms with Gasteiger partial charge in [0.05, 0.1) is 0 Å². The molecular formula is C11H26N2. The third-order valence-corrected chi connectivity index (χ3v) is 2.73. The van der Waals surface area contributed by atoms with Crippen LogP contribution in [0.5, 0.6) is 0 Å². The molecule has 0 saturated carbocycles. The van der Waals surface area contributed by atoms with Gasteiger partial charge in [0.1, 0.15) is 0 Å². The Morgan fingerprint density at radius 1 is 1.31 bits per heavy atom. The zero-order valence-electron chi connectivity index (χ0n) is 9.98. The van der Waals surface area contributed by atoms with E-state index in [4.69, 9.17) is 0 Å². The highest BCUT2D eigenvalue weighted by Gasteiger charge is 2.31. The van der Waals surface area contributed by atoms with Crippen LogP contribution in [0.2, 0.25) is 0 Å². The molecule has 1 saturated heterocycles. The monoisotopic (exact) mass is 186 g/mol. The third-order valence-electron chi connectivity index (χ3n) is 2.73. The molecule has 1 rings (SSSR count). The van der Waals surface area contributed by atoms with Crippen LogP contribution in [0.3, 0.4) is 0 Å². The molecule has 1 heterocycles. The van der Waals surface area contributed by atoms with Crippen LogP contribution in [0.4, 0.5) is 0 Å². The maximum absolute atomic E-state index is 3.44. The smallest absolute Gasteiger partial charge is 0.00444 e. The predicted octanol–water partition coefficient (Wildman–Crippen LogP) is 1.96. The molecule has 0 bridgehead atoms. The summed E-state index contributed by atoms with van der Waals surface area (Å²) in [6.45, 7) is 9.95. The minimum atomic E-state index is 0.573. The lowest BCUT2D eigenvalue weighted by atomic mass is 9.84.